The van der Waals surface area contributed by atoms with Crippen LogP contribution in [0.2, 0.25) is 0 Å². The third kappa shape index (κ3) is 6.45. The molecule has 0 saturated carbocycles. The van der Waals surface area contributed by atoms with Gasteiger partial charge < -0.3 is 14.2 Å². The SMILES string of the molecule is COc1cc(/C=N\NC(=O)CN2CCN(Cc3ccc(C)cc3)CC2)cc(OC)c1OC. The molecule has 1 N–H and O–H groups in total. The molecule has 8 nitrogen and oxygen atoms in total. The van der Waals surface area contributed by atoms with E-state index in [4.69, 9.17) is 14.2 Å². The predicted molar refractivity (Wildman–Crippen MR) is 125 cm³/mol. The molecule has 3 rings (SSSR count). The van der Waals surface area contributed by atoms with Crippen LogP contribution in [0.1, 0.15) is 16.7 Å². The highest BCUT2D eigenvalue weighted by Gasteiger charge is 2.19. The smallest absolute Gasteiger partial charge is 0.254 e. The summed E-state index contributed by atoms with van der Waals surface area (Å²) in [6.07, 6.45) is 1.56. The van der Waals surface area contributed by atoms with Crippen molar-refractivity contribution in [3.05, 3.63) is 53.1 Å². The van der Waals surface area contributed by atoms with E-state index in [-0.39, 0.29) is 5.91 Å². The Hall–Kier alpha value is -3.10. The van der Waals surface area contributed by atoms with Crippen molar-refractivity contribution in [1.29, 1.82) is 0 Å². The van der Waals surface area contributed by atoms with E-state index in [1.165, 1.54) is 11.1 Å². The van der Waals surface area contributed by atoms with Crippen LogP contribution in [0.15, 0.2) is 41.5 Å². The number of nitrogens with zero attached hydrogens (tertiary/aromatic N) is 3. The van der Waals surface area contributed by atoms with Crippen molar-refractivity contribution in [2.45, 2.75) is 13.5 Å². The summed E-state index contributed by atoms with van der Waals surface area (Å²) >= 11 is 0. The van der Waals surface area contributed by atoms with Crippen molar-refractivity contribution in [3.63, 3.8) is 0 Å². The second-order valence-electron chi connectivity index (χ2n) is 7.79. The van der Waals surface area contributed by atoms with Gasteiger partial charge in [0.2, 0.25) is 5.75 Å². The van der Waals surface area contributed by atoms with Crippen molar-refractivity contribution in [2.75, 3.05) is 54.1 Å². The molecule has 8 heteroatoms. The van der Waals surface area contributed by atoms with Gasteiger partial charge in [0.25, 0.3) is 5.91 Å². The Kier molecular flexibility index (Phi) is 8.47. The number of hydrazone groups is 1. The Labute approximate surface area is 189 Å². The normalized spacial score (nSPS) is 15.0. The highest BCUT2D eigenvalue weighted by Crippen LogP contribution is 2.37. The standard InChI is InChI=1S/C24H32N4O4/c1-18-5-7-19(8-6-18)16-27-9-11-28(12-10-27)17-23(29)26-25-15-20-13-21(30-2)24(32-4)22(14-20)31-3/h5-8,13-15H,9-12,16-17H2,1-4H3,(H,26,29)/b25-15-. The van der Waals surface area contributed by atoms with Crippen molar-refractivity contribution < 1.29 is 19.0 Å². The number of ether oxygens (including phenoxy) is 3. The highest BCUT2D eigenvalue weighted by atomic mass is 16.5. The number of benzene rings is 2. The lowest BCUT2D eigenvalue weighted by molar-refractivity contribution is -0.122. The minimum atomic E-state index is -0.138. The van der Waals surface area contributed by atoms with Gasteiger partial charge >= 0.3 is 0 Å². The summed E-state index contributed by atoms with van der Waals surface area (Å²) in [7, 11) is 4.66. The quantitative estimate of drug-likeness (QED) is 0.476. The Morgan fingerprint density at radius 2 is 1.56 bits per heavy atom. The Bertz CT molecular complexity index is 897. The fraction of sp³-hybridized carbons (Fsp3) is 0.417. The lowest BCUT2D eigenvalue weighted by Crippen LogP contribution is -2.48. The van der Waals surface area contributed by atoms with Crippen molar-refractivity contribution in [3.8, 4) is 17.2 Å². The van der Waals surface area contributed by atoms with Crippen LogP contribution in [0.4, 0.5) is 0 Å². The molecule has 1 fully saturated rings. The number of nitrogens with one attached hydrogen (secondary N) is 1. The van der Waals surface area contributed by atoms with E-state index in [0.29, 0.717) is 23.8 Å². The zero-order chi connectivity index (χ0) is 22.9. The molecular weight excluding hydrogens is 408 g/mol. The number of carbonyl (C=O) groups is 1. The number of rotatable bonds is 9. The van der Waals surface area contributed by atoms with Crippen LogP contribution in [0.3, 0.4) is 0 Å². The van der Waals surface area contributed by atoms with Crippen LogP contribution < -0.4 is 19.6 Å². The first-order valence-electron chi connectivity index (χ1n) is 10.6. The average molecular weight is 441 g/mol. The fourth-order valence-electron chi connectivity index (χ4n) is 3.65. The van der Waals surface area contributed by atoms with Crippen LogP contribution in [-0.2, 0) is 11.3 Å². The maximum absolute atomic E-state index is 12.3. The number of carbonyl (C=O) groups excluding carboxylic acids is 1. The van der Waals surface area contributed by atoms with Gasteiger partial charge in [-0.2, -0.15) is 5.10 Å². The first-order valence-corrected chi connectivity index (χ1v) is 10.6. The number of amides is 1. The van der Waals surface area contributed by atoms with Crippen LogP contribution in [-0.4, -0.2) is 76.0 Å². The van der Waals surface area contributed by atoms with Gasteiger partial charge in [0.05, 0.1) is 34.1 Å². The molecule has 0 spiro atoms. The topological polar surface area (TPSA) is 75.6 Å². The summed E-state index contributed by atoms with van der Waals surface area (Å²) in [4.78, 5) is 16.9. The Morgan fingerprint density at radius 3 is 2.12 bits per heavy atom. The summed E-state index contributed by atoms with van der Waals surface area (Å²) in [5.74, 6) is 1.43. The van der Waals surface area contributed by atoms with E-state index in [1.54, 1.807) is 39.7 Å². The number of hydrogen-bond acceptors (Lipinski definition) is 7. The maximum atomic E-state index is 12.3. The van der Waals surface area contributed by atoms with Gasteiger partial charge in [-0.25, -0.2) is 5.43 Å². The monoisotopic (exact) mass is 440 g/mol. The molecule has 0 aromatic heterocycles. The molecule has 0 aliphatic carbocycles. The summed E-state index contributed by atoms with van der Waals surface area (Å²) < 4.78 is 16.0. The molecule has 2 aromatic rings. The van der Waals surface area contributed by atoms with E-state index < -0.39 is 0 Å². The molecule has 1 aliphatic heterocycles. The van der Waals surface area contributed by atoms with E-state index in [2.05, 4.69) is 51.5 Å². The maximum Gasteiger partial charge on any atom is 0.254 e. The molecule has 0 radical (unpaired) electrons. The first kappa shape index (κ1) is 23.6. The molecule has 1 aliphatic rings. The largest absolute Gasteiger partial charge is 0.493 e. The summed E-state index contributed by atoms with van der Waals surface area (Å²) in [5, 5.41) is 4.08. The molecule has 172 valence electrons. The molecule has 2 aromatic carbocycles. The fourth-order valence-corrected chi connectivity index (χ4v) is 3.65. The molecule has 1 heterocycles. The number of hydrogen-bond donors (Lipinski definition) is 1. The summed E-state index contributed by atoms with van der Waals surface area (Å²) in [6, 6.07) is 12.2. The van der Waals surface area contributed by atoms with Gasteiger partial charge in [-0.15, -0.1) is 0 Å². The second-order valence-corrected chi connectivity index (χ2v) is 7.79. The minimum absolute atomic E-state index is 0.138. The number of piperazine rings is 1. The van der Waals surface area contributed by atoms with Gasteiger partial charge in [-0.3, -0.25) is 14.6 Å². The van der Waals surface area contributed by atoms with Crippen molar-refractivity contribution in [1.82, 2.24) is 15.2 Å². The summed E-state index contributed by atoms with van der Waals surface area (Å²) in [6.45, 7) is 6.96. The van der Waals surface area contributed by atoms with Gasteiger partial charge in [0, 0.05) is 38.3 Å². The molecule has 0 bridgehead atoms. The van der Waals surface area contributed by atoms with Crippen LogP contribution in [0, 0.1) is 6.92 Å². The van der Waals surface area contributed by atoms with Gasteiger partial charge in [-0.1, -0.05) is 29.8 Å². The van der Waals surface area contributed by atoms with E-state index in [0.717, 1.165) is 38.3 Å². The van der Waals surface area contributed by atoms with Crippen LogP contribution in [0.5, 0.6) is 17.2 Å². The molecule has 1 saturated heterocycles. The van der Waals surface area contributed by atoms with Crippen molar-refractivity contribution in [2.24, 2.45) is 5.10 Å². The number of aryl methyl sites for hydroxylation is 1. The average Bonchev–Trinajstić information content (AvgIpc) is 2.81. The Balaban J connectivity index is 1.45. The van der Waals surface area contributed by atoms with E-state index in [9.17, 15) is 4.79 Å². The minimum Gasteiger partial charge on any atom is -0.493 e. The molecule has 1 amide bonds. The van der Waals surface area contributed by atoms with E-state index in [1.807, 2.05) is 0 Å². The van der Waals surface area contributed by atoms with Gasteiger partial charge in [0.1, 0.15) is 0 Å². The lowest BCUT2D eigenvalue weighted by atomic mass is 10.1. The second kappa shape index (κ2) is 11.5. The van der Waals surface area contributed by atoms with E-state index >= 15 is 0 Å². The molecule has 0 atom stereocenters. The molecular formula is C24H32N4O4. The zero-order valence-electron chi connectivity index (χ0n) is 19.3. The zero-order valence-corrected chi connectivity index (χ0v) is 19.3. The predicted octanol–water partition coefficient (Wildman–Crippen LogP) is 2.29. The summed E-state index contributed by atoms with van der Waals surface area (Å²) in [5.41, 5.74) is 5.92. The van der Waals surface area contributed by atoms with Crippen LogP contribution in [0.25, 0.3) is 0 Å². The number of methoxy groups -OCH3 is 3. The van der Waals surface area contributed by atoms with Crippen molar-refractivity contribution >= 4 is 12.1 Å². The lowest BCUT2D eigenvalue weighted by Gasteiger charge is -2.34. The molecule has 32 heavy (non-hydrogen) atoms. The third-order valence-electron chi connectivity index (χ3n) is 5.45. The molecule has 0 unspecified atom stereocenters. The van der Waals surface area contributed by atoms with Gasteiger partial charge in [-0.05, 0) is 24.6 Å². The highest BCUT2D eigenvalue weighted by molar-refractivity contribution is 5.84. The third-order valence-corrected chi connectivity index (χ3v) is 5.45. The first-order chi connectivity index (χ1) is 15.5. The van der Waals surface area contributed by atoms with Gasteiger partial charge in [0.15, 0.2) is 11.5 Å². The van der Waals surface area contributed by atoms with Crippen LogP contribution >= 0.6 is 0 Å². The Morgan fingerprint density at radius 1 is 0.969 bits per heavy atom.